The molecule has 0 aromatic heterocycles. The van der Waals surface area contributed by atoms with Crippen molar-refractivity contribution in [3.63, 3.8) is 0 Å². The van der Waals surface area contributed by atoms with Gasteiger partial charge in [-0.05, 0) is 38.2 Å². The molecule has 1 amide bonds. The zero-order valence-corrected chi connectivity index (χ0v) is 23.7. The number of amides is 1. The molecule has 0 saturated heterocycles. The van der Waals surface area contributed by atoms with Crippen LogP contribution in [-0.4, -0.2) is 36.1 Å². The lowest BCUT2D eigenvalue weighted by Gasteiger charge is -2.21. The Labute approximate surface area is 227 Å². The maximum absolute atomic E-state index is 12.8. The van der Waals surface area contributed by atoms with E-state index in [4.69, 9.17) is 14.3 Å². The van der Waals surface area contributed by atoms with E-state index >= 15 is 0 Å². The van der Waals surface area contributed by atoms with Gasteiger partial charge in [-0.2, -0.15) is 5.06 Å². The zero-order chi connectivity index (χ0) is 28.2. The number of hydroxylamine groups is 2. The number of benzene rings is 1. The first-order valence-electron chi connectivity index (χ1n) is 13.9. The van der Waals surface area contributed by atoms with Crippen molar-refractivity contribution in [2.24, 2.45) is 0 Å². The van der Waals surface area contributed by atoms with Gasteiger partial charge in [-0.15, -0.1) is 0 Å². The SMILES string of the molecule is CCCCCCCCC=CCCCCCCCC(=O)N(Cc1cc(OC)c(OC)cc1[N+](=O)[O-])OC(C)=O. The molecule has 0 atom stereocenters. The van der Waals surface area contributed by atoms with E-state index in [2.05, 4.69) is 19.1 Å². The Morgan fingerprint density at radius 1 is 0.868 bits per heavy atom. The number of rotatable bonds is 20. The van der Waals surface area contributed by atoms with Gasteiger partial charge >= 0.3 is 5.97 Å². The summed E-state index contributed by atoms with van der Waals surface area (Å²) in [6.07, 6.45) is 19.7. The number of nitrogens with zero attached hydrogens (tertiary/aromatic N) is 2. The molecule has 0 saturated carbocycles. The number of ether oxygens (including phenoxy) is 2. The molecule has 0 heterocycles. The molecular weight excluding hydrogens is 488 g/mol. The number of methoxy groups -OCH3 is 2. The second-order valence-electron chi connectivity index (χ2n) is 9.44. The van der Waals surface area contributed by atoms with E-state index in [0.717, 1.165) is 37.2 Å². The summed E-state index contributed by atoms with van der Waals surface area (Å²) in [5.74, 6) is -0.602. The molecule has 1 rings (SSSR count). The quantitative estimate of drug-likeness (QED) is 0.0739. The average Bonchev–Trinajstić information content (AvgIpc) is 2.89. The molecule has 0 aliphatic rings. The van der Waals surface area contributed by atoms with Gasteiger partial charge in [-0.3, -0.25) is 19.7 Å². The normalized spacial score (nSPS) is 10.9. The molecule has 0 N–H and O–H groups in total. The van der Waals surface area contributed by atoms with Gasteiger partial charge in [0.2, 0.25) is 0 Å². The van der Waals surface area contributed by atoms with E-state index in [0.29, 0.717) is 6.42 Å². The number of nitro groups is 1. The van der Waals surface area contributed by atoms with Crippen molar-refractivity contribution >= 4 is 17.6 Å². The Morgan fingerprint density at radius 2 is 1.39 bits per heavy atom. The Morgan fingerprint density at radius 3 is 1.92 bits per heavy atom. The van der Waals surface area contributed by atoms with Gasteiger partial charge in [0.25, 0.3) is 11.6 Å². The van der Waals surface area contributed by atoms with E-state index in [1.54, 1.807) is 0 Å². The fourth-order valence-corrected chi connectivity index (χ4v) is 4.16. The molecule has 0 fully saturated rings. The third-order valence-corrected chi connectivity index (χ3v) is 6.26. The van der Waals surface area contributed by atoms with Gasteiger partial charge in [0.15, 0.2) is 11.5 Å². The molecule has 1 aromatic carbocycles. The summed E-state index contributed by atoms with van der Waals surface area (Å²) in [6, 6.07) is 2.65. The summed E-state index contributed by atoms with van der Waals surface area (Å²) in [5, 5.41) is 12.5. The minimum Gasteiger partial charge on any atom is -0.493 e. The largest absolute Gasteiger partial charge is 0.493 e. The van der Waals surface area contributed by atoms with Crippen LogP contribution < -0.4 is 9.47 Å². The lowest BCUT2D eigenvalue weighted by molar-refractivity contribution is -0.386. The van der Waals surface area contributed by atoms with E-state index in [9.17, 15) is 19.7 Å². The number of unbranched alkanes of at least 4 members (excludes halogenated alkanes) is 11. The molecule has 0 aliphatic carbocycles. The first kappa shape index (κ1) is 32.9. The van der Waals surface area contributed by atoms with E-state index in [1.807, 2.05) is 0 Å². The highest BCUT2D eigenvalue weighted by Gasteiger charge is 2.25. The fraction of sp³-hybridized carbons (Fsp3) is 0.655. The zero-order valence-electron chi connectivity index (χ0n) is 23.7. The van der Waals surface area contributed by atoms with Crippen molar-refractivity contribution in [1.82, 2.24) is 5.06 Å². The van der Waals surface area contributed by atoms with Gasteiger partial charge in [-0.25, -0.2) is 0 Å². The van der Waals surface area contributed by atoms with Crippen LogP contribution in [0.4, 0.5) is 5.69 Å². The molecule has 1 aromatic rings. The number of nitro benzene ring substituents is 1. The predicted molar refractivity (Wildman–Crippen MR) is 148 cm³/mol. The Balaban J connectivity index is 2.44. The number of carbonyl (C=O) groups excluding carboxylic acids is 2. The van der Waals surface area contributed by atoms with Gasteiger partial charge < -0.3 is 14.3 Å². The van der Waals surface area contributed by atoms with Crippen LogP contribution in [-0.2, 0) is 21.0 Å². The smallest absolute Gasteiger partial charge is 0.329 e. The van der Waals surface area contributed by atoms with Crippen LogP contribution >= 0.6 is 0 Å². The van der Waals surface area contributed by atoms with Gasteiger partial charge in [0.05, 0.1) is 37.3 Å². The number of carbonyl (C=O) groups is 2. The minimum absolute atomic E-state index is 0.173. The van der Waals surface area contributed by atoms with Crippen LogP contribution in [0, 0.1) is 10.1 Å². The Bertz CT molecular complexity index is 886. The number of allylic oxidation sites excluding steroid dienone is 2. The summed E-state index contributed by atoms with van der Waals surface area (Å²) in [5.41, 5.74) is -0.0829. The first-order valence-corrected chi connectivity index (χ1v) is 13.9. The Hall–Kier alpha value is -3.10. The molecule has 214 valence electrons. The molecule has 0 bridgehead atoms. The maximum Gasteiger partial charge on any atom is 0.329 e. The van der Waals surface area contributed by atoms with Gasteiger partial charge in [0, 0.05) is 13.3 Å². The van der Waals surface area contributed by atoms with Crippen LogP contribution in [0.1, 0.15) is 109 Å². The molecule has 0 spiro atoms. The molecule has 9 nitrogen and oxygen atoms in total. The average molecular weight is 535 g/mol. The number of hydrogen-bond donors (Lipinski definition) is 0. The van der Waals surface area contributed by atoms with Crippen LogP contribution in [0.3, 0.4) is 0 Å². The fourth-order valence-electron chi connectivity index (χ4n) is 4.16. The number of hydrogen-bond acceptors (Lipinski definition) is 7. The van der Waals surface area contributed by atoms with Crippen LogP contribution in [0.15, 0.2) is 24.3 Å². The van der Waals surface area contributed by atoms with Crippen molar-refractivity contribution in [3.05, 3.63) is 40.0 Å². The minimum atomic E-state index is -0.675. The topological polar surface area (TPSA) is 108 Å². The molecule has 0 unspecified atom stereocenters. The lowest BCUT2D eigenvalue weighted by atomic mass is 10.1. The van der Waals surface area contributed by atoms with Crippen molar-refractivity contribution in [2.75, 3.05) is 14.2 Å². The van der Waals surface area contributed by atoms with Crippen LogP contribution in [0.2, 0.25) is 0 Å². The second kappa shape index (κ2) is 19.9. The summed E-state index contributed by atoms with van der Waals surface area (Å²) >= 11 is 0. The third-order valence-electron chi connectivity index (χ3n) is 6.26. The monoisotopic (exact) mass is 534 g/mol. The van der Waals surface area contributed by atoms with Crippen molar-refractivity contribution in [1.29, 1.82) is 0 Å². The van der Waals surface area contributed by atoms with E-state index < -0.39 is 16.8 Å². The third kappa shape index (κ3) is 13.4. The van der Waals surface area contributed by atoms with Crippen molar-refractivity contribution in [3.8, 4) is 11.5 Å². The Kier molecular flexibility index (Phi) is 17.3. The van der Waals surface area contributed by atoms with Gasteiger partial charge in [-0.1, -0.05) is 70.4 Å². The first-order chi connectivity index (χ1) is 18.3. The highest BCUT2D eigenvalue weighted by molar-refractivity contribution is 5.77. The van der Waals surface area contributed by atoms with Crippen molar-refractivity contribution < 1.29 is 28.8 Å². The highest BCUT2D eigenvalue weighted by atomic mass is 16.7. The van der Waals surface area contributed by atoms with Gasteiger partial charge in [0.1, 0.15) is 0 Å². The molecule has 0 aliphatic heterocycles. The second-order valence-corrected chi connectivity index (χ2v) is 9.44. The highest BCUT2D eigenvalue weighted by Crippen LogP contribution is 2.35. The summed E-state index contributed by atoms with van der Waals surface area (Å²) in [7, 11) is 2.79. The van der Waals surface area contributed by atoms with Crippen LogP contribution in [0.5, 0.6) is 11.5 Å². The van der Waals surface area contributed by atoms with E-state index in [-0.39, 0.29) is 35.7 Å². The summed E-state index contributed by atoms with van der Waals surface area (Å²) in [4.78, 5) is 40.5. The standard InChI is InChI=1S/C29H46N2O7/c1-5-6-7-8-9-10-11-12-13-14-15-16-17-18-19-20-29(33)30(38-24(2)32)23-25-21-27(36-3)28(37-4)22-26(25)31(34)35/h12-13,21-22H,5-11,14-20,23H2,1-4H3. The predicted octanol–water partition coefficient (Wildman–Crippen LogP) is 7.46. The lowest BCUT2D eigenvalue weighted by Crippen LogP contribution is -2.32. The molecule has 0 radical (unpaired) electrons. The molecule has 38 heavy (non-hydrogen) atoms. The summed E-state index contributed by atoms with van der Waals surface area (Å²) in [6.45, 7) is 3.16. The maximum atomic E-state index is 12.8. The van der Waals surface area contributed by atoms with Crippen molar-refractivity contribution in [2.45, 2.75) is 110 Å². The molecule has 9 heteroatoms. The molecular formula is C29H46N2O7. The van der Waals surface area contributed by atoms with Crippen LogP contribution in [0.25, 0.3) is 0 Å². The van der Waals surface area contributed by atoms with E-state index in [1.165, 1.54) is 78.2 Å². The summed E-state index contributed by atoms with van der Waals surface area (Å²) < 4.78 is 10.4.